The Balaban J connectivity index is 1.98. The predicted molar refractivity (Wildman–Crippen MR) is 77.4 cm³/mol. The van der Waals surface area contributed by atoms with Crippen LogP contribution in [0, 0.1) is 0 Å². The highest BCUT2D eigenvalue weighted by Crippen LogP contribution is 2.25. The van der Waals surface area contributed by atoms with Crippen LogP contribution in [0.5, 0.6) is 5.75 Å². The molecule has 0 radical (unpaired) electrons. The normalized spacial score (nSPS) is 14.7. The Kier molecular flexibility index (Phi) is 4.90. The van der Waals surface area contributed by atoms with E-state index in [1.165, 1.54) is 17.7 Å². The SMILES string of the molecule is CC(NC(C)c1ccsc1)c1ccc(OC(F)(F)F)cc1. The van der Waals surface area contributed by atoms with Crippen LogP contribution in [0.4, 0.5) is 13.2 Å². The van der Waals surface area contributed by atoms with E-state index in [0.717, 1.165) is 5.56 Å². The van der Waals surface area contributed by atoms with Crippen molar-refractivity contribution in [3.63, 3.8) is 0 Å². The van der Waals surface area contributed by atoms with Gasteiger partial charge in [0.15, 0.2) is 0 Å². The number of alkyl halides is 3. The fraction of sp³-hybridized carbons (Fsp3) is 0.333. The monoisotopic (exact) mass is 315 g/mol. The van der Waals surface area contributed by atoms with Gasteiger partial charge in [0.05, 0.1) is 0 Å². The van der Waals surface area contributed by atoms with Gasteiger partial charge in [-0.15, -0.1) is 13.2 Å². The Morgan fingerprint density at radius 1 is 1.00 bits per heavy atom. The second kappa shape index (κ2) is 6.49. The summed E-state index contributed by atoms with van der Waals surface area (Å²) >= 11 is 1.63. The summed E-state index contributed by atoms with van der Waals surface area (Å²) in [5.41, 5.74) is 2.11. The van der Waals surface area contributed by atoms with E-state index >= 15 is 0 Å². The van der Waals surface area contributed by atoms with E-state index in [-0.39, 0.29) is 17.8 Å². The molecule has 0 spiro atoms. The first-order chi connectivity index (χ1) is 9.85. The number of nitrogens with one attached hydrogen (secondary N) is 1. The third-order valence-corrected chi connectivity index (χ3v) is 3.86. The van der Waals surface area contributed by atoms with Gasteiger partial charge in [-0.25, -0.2) is 0 Å². The number of thiophene rings is 1. The summed E-state index contributed by atoms with van der Waals surface area (Å²) in [6, 6.07) is 8.19. The molecule has 0 aliphatic rings. The first kappa shape index (κ1) is 15.9. The number of benzene rings is 1. The zero-order chi connectivity index (χ0) is 15.5. The van der Waals surface area contributed by atoms with Gasteiger partial charge in [-0.05, 0) is 53.9 Å². The molecule has 0 aliphatic heterocycles. The molecule has 114 valence electrons. The standard InChI is InChI=1S/C15H16F3NOS/c1-10(19-11(2)13-7-8-21-9-13)12-3-5-14(6-4-12)20-15(16,17)18/h3-11,19H,1-2H3. The van der Waals surface area contributed by atoms with Crippen molar-refractivity contribution >= 4 is 11.3 Å². The van der Waals surface area contributed by atoms with Gasteiger partial charge in [-0.3, -0.25) is 0 Å². The maximum absolute atomic E-state index is 12.1. The van der Waals surface area contributed by atoms with E-state index in [2.05, 4.69) is 28.4 Å². The van der Waals surface area contributed by atoms with Crippen LogP contribution in [-0.2, 0) is 0 Å². The molecule has 0 saturated carbocycles. The molecule has 0 bridgehead atoms. The maximum Gasteiger partial charge on any atom is 0.573 e. The average molecular weight is 315 g/mol. The minimum absolute atomic E-state index is 0.0276. The highest BCUT2D eigenvalue weighted by Gasteiger charge is 2.31. The molecule has 2 nitrogen and oxygen atoms in total. The van der Waals surface area contributed by atoms with E-state index in [1.807, 2.05) is 12.3 Å². The molecular weight excluding hydrogens is 299 g/mol. The molecule has 2 aromatic rings. The van der Waals surface area contributed by atoms with Gasteiger partial charge in [0.25, 0.3) is 0 Å². The highest BCUT2D eigenvalue weighted by atomic mass is 32.1. The molecule has 6 heteroatoms. The quantitative estimate of drug-likeness (QED) is 0.833. The zero-order valence-electron chi connectivity index (χ0n) is 11.6. The van der Waals surface area contributed by atoms with Crippen LogP contribution in [-0.4, -0.2) is 6.36 Å². The number of rotatable bonds is 5. The van der Waals surface area contributed by atoms with E-state index in [1.54, 1.807) is 23.5 Å². The molecule has 2 unspecified atom stereocenters. The third-order valence-electron chi connectivity index (χ3n) is 3.16. The summed E-state index contributed by atoms with van der Waals surface area (Å²) < 4.78 is 40.1. The van der Waals surface area contributed by atoms with Crippen LogP contribution in [0.3, 0.4) is 0 Å². The van der Waals surface area contributed by atoms with Gasteiger partial charge < -0.3 is 10.1 Å². The van der Waals surface area contributed by atoms with Crippen LogP contribution in [0.1, 0.15) is 37.1 Å². The predicted octanol–water partition coefficient (Wildman–Crippen LogP) is 5.06. The fourth-order valence-corrected chi connectivity index (χ4v) is 2.80. The second-order valence-electron chi connectivity index (χ2n) is 4.78. The lowest BCUT2D eigenvalue weighted by atomic mass is 10.1. The van der Waals surface area contributed by atoms with Crippen molar-refractivity contribution in [2.24, 2.45) is 0 Å². The summed E-state index contributed by atoms with van der Waals surface area (Å²) in [5, 5.41) is 7.50. The van der Waals surface area contributed by atoms with Crippen LogP contribution in [0.15, 0.2) is 41.1 Å². The van der Waals surface area contributed by atoms with Crippen molar-refractivity contribution in [3.05, 3.63) is 52.2 Å². The lowest BCUT2D eigenvalue weighted by Crippen LogP contribution is -2.22. The van der Waals surface area contributed by atoms with E-state index in [0.29, 0.717) is 0 Å². The summed E-state index contributed by atoms with van der Waals surface area (Å²) in [6.45, 7) is 4.03. The Bertz CT molecular complexity index is 551. The van der Waals surface area contributed by atoms with Gasteiger partial charge in [-0.2, -0.15) is 11.3 Å². The Labute approximate surface area is 125 Å². The van der Waals surface area contributed by atoms with Gasteiger partial charge in [0.1, 0.15) is 5.75 Å². The number of ether oxygens (including phenoxy) is 1. The summed E-state index contributed by atoms with van der Waals surface area (Å²) in [4.78, 5) is 0. The molecule has 2 rings (SSSR count). The van der Waals surface area contributed by atoms with Crippen LogP contribution in [0.25, 0.3) is 0 Å². The third kappa shape index (κ3) is 4.75. The number of halogens is 3. The Morgan fingerprint density at radius 2 is 1.62 bits per heavy atom. The van der Waals surface area contributed by atoms with Crippen molar-refractivity contribution in [2.45, 2.75) is 32.3 Å². The molecule has 0 saturated heterocycles. The van der Waals surface area contributed by atoms with E-state index in [9.17, 15) is 13.2 Å². The molecule has 21 heavy (non-hydrogen) atoms. The highest BCUT2D eigenvalue weighted by molar-refractivity contribution is 7.07. The lowest BCUT2D eigenvalue weighted by Gasteiger charge is -2.20. The zero-order valence-corrected chi connectivity index (χ0v) is 12.5. The fourth-order valence-electron chi connectivity index (χ4n) is 2.05. The molecule has 1 N–H and O–H groups in total. The van der Waals surface area contributed by atoms with Crippen molar-refractivity contribution in [1.29, 1.82) is 0 Å². The topological polar surface area (TPSA) is 21.3 Å². The molecule has 1 heterocycles. The van der Waals surface area contributed by atoms with Crippen molar-refractivity contribution in [2.75, 3.05) is 0 Å². The number of hydrogen-bond donors (Lipinski definition) is 1. The smallest absolute Gasteiger partial charge is 0.406 e. The number of hydrogen-bond acceptors (Lipinski definition) is 3. The van der Waals surface area contributed by atoms with Gasteiger partial charge in [-0.1, -0.05) is 12.1 Å². The van der Waals surface area contributed by atoms with Gasteiger partial charge >= 0.3 is 6.36 Å². The molecule has 1 aromatic carbocycles. The summed E-state index contributed by atoms with van der Waals surface area (Å²) in [7, 11) is 0. The first-order valence-electron chi connectivity index (χ1n) is 6.49. The summed E-state index contributed by atoms with van der Waals surface area (Å²) in [5.74, 6) is -0.204. The molecule has 1 aromatic heterocycles. The van der Waals surface area contributed by atoms with Crippen molar-refractivity contribution in [3.8, 4) is 5.75 Å². The maximum atomic E-state index is 12.1. The van der Waals surface area contributed by atoms with Crippen molar-refractivity contribution in [1.82, 2.24) is 5.32 Å². The van der Waals surface area contributed by atoms with E-state index < -0.39 is 6.36 Å². The van der Waals surface area contributed by atoms with Crippen LogP contribution < -0.4 is 10.1 Å². The summed E-state index contributed by atoms with van der Waals surface area (Å²) in [6.07, 6.45) is -4.65. The lowest BCUT2D eigenvalue weighted by molar-refractivity contribution is -0.274. The van der Waals surface area contributed by atoms with Crippen LogP contribution >= 0.6 is 11.3 Å². The van der Waals surface area contributed by atoms with E-state index in [4.69, 9.17) is 0 Å². The second-order valence-corrected chi connectivity index (χ2v) is 5.56. The van der Waals surface area contributed by atoms with Crippen LogP contribution in [0.2, 0.25) is 0 Å². The van der Waals surface area contributed by atoms with Crippen molar-refractivity contribution < 1.29 is 17.9 Å². The Morgan fingerprint density at radius 3 is 2.14 bits per heavy atom. The molecule has 0 amide bonds. The molecule has 0 aliphatic carbocycles. The Hall–Kier alpha value is -1.53. The minimum Gasteiger partial charge on any atom is -0.406 e. The largest absolute Gasteiger partial charge is 0.573 e. The van der Waals surface area contributed by atoms with Gasteiger partial charge in [0, 0.05) is 12.1 Å². The molecular formula is C15H16F3NOS. The first-order valence-corrected chi connectivity index (χ1v) is 7.43. The minimum atomic E-state index is -4.65. The van der Waals surface area contributed by atoms with Gasteiger partial charge in [0.2, 0.25) is 0 Å². The average Bonchev–Trinajstić information content (AvgIpc) is 2.91. The molecule has 0 fully saturated rings. The molecule has 2 atom stereocenters.